The third-order valence-corrected chi connectivity index (χ3v) is 6.86. The molecule has 0 aliphatic carbocycles. The van der Waals surface area contributed by atoms with Gasteiger partial charge in [0.2, 0.25) is 0 Å². The highest BCUT2D eigenvalue weighted by Gasteiger charge is 2.29. The topological polar surface area (TPSA) is 6.48 Å². The zero-order chi connectivity index (χ0) is 19.8. The largest absolute Gasteiger partial charge is 0.355 e. The van der Waals surface area contributed by atoms with Crippen molar-refractivity contribution in [1.82, 2.24) is 0 Å². The van der Waals surface area contributed by atoms with E-state index < -0.39 is 0 Å². The molecule has 30 heavy (non-hydrogen) atoms. The highest BCUT2D eigenvalue weighted by atomic mass is 127. The molecule has 0 fully saturated rings. The summed E-state index contributed by atoms with van der Waals surface area (Å²) in [5.74, 6) is 0. The van der Waals surface area contributed by atoms with Crippen molar-refractivity contribution < 1.29 is 0 Å². The first kappa shape index (κ1) is 21.3. The van der Waals surface area contributed by atoms with Crippen molar-refractivity contribution >= 4 is 70.0 Å². The predicted molar refractivity (Wildman–Crippen MR) is 141 cm³/mol. The van der Waals surface area contributed by atoms with Crippen LogP contribution in [0.3, 0.4) is 0 Å². The monoisotopic (exact) mass is 544 g/mol. The Balaban J connectivity index is 0.00000218. The zero-order valence-electron chi connectivity index (χ0n) is 16.5. The molecule has 1 unspecified atom stereocenters. The van der Waals surface area contributed by atoms with Crippen molar-refractivity contribution in [2.75, 3.05) is 16.3 Å². The van der Waals surface area contributed by atoms with E-state index in [1.807, 2.05) is 30.0 Å². The first-order valence-corrected chi connectivity index (χ1v) is 11.1. The lowest BCUT2D eigenvalue weighted by molar-refractivity contribution is 0.879. The van der Waals surface area contributed by atoms with Crippen molar-refractivity contribution in [3.63, 3.8) is 0 Å². The minimum atomic E-state index is 0. The summed E-state index contributed by atoms with van der Waals surface area (Å²) in [7, 11) is 0. The average molecular weight is 545 g/mol. The van der Waals surface area contributed by atoms with Crippen LogP contribution in [-0.2, 0) is 0 Å². The third kappa shape index (κ3) is 3.77. The molecule has 0 N–H and O–H groups in total. The van der Waals surface area contributed by atoms with Gasteiger partial charge in [-0.2, -0.15) is 0 Å². The third-order valence-electron chi connectivity index (χ3n) is 5.35. The molecule has 0 spiro atoms. The van der Waals surface area contributed by atoms with Crippen LogP contribution in [-0.4, -0.2) is 11.9 Å². The highest BCUT2D eigenvalue weighted by Crippen LogP contribution is 2.47. The number of hydrogen-bond donors (Lipinski definition) is 0. The summed E-state index contributed by atoms with van der Waals surface area (Å²) in [5.41, 5.74) is 5.86. The minimum Gasteiger partial charge on any atom is -0.355 e. The van der Waals surface area contributed by atoms with Crippen molar-refractivity contribution in [2.45, 2.75) is 17.2 Å². The number of hydrogen-bond acceptors (Lipinski definition) is 3. The number of allylic oxidation sites excluding steroid dienone is 2. The smallest absolute Gasteiger partial charge is 0.114 e. The van der Waals surface area contributed by atoms with Crippen LogP contribution in [0.25, 0.3) is 5.57 Å². The second-order valence-electron chi connectivity index (χ2n) is 7.04. The van der Waals surface area contributed by atoms with Gasteiger partial charge in [-0.15, -0.1) is 24.0 Å². The van der Waals surface area contributed by atoms with E-state index in [0.717, 1.165) is 17.9 Å². The number of rotatable bonds is 3. The van der Waals surface area contributed by atoms with E-state index in [2.05, 4.69) is 89.5 Å². The maximum Gasteiger partial charge on any atom is 0.114 e. The molecule has 0 saturated heterocycles. The molecule has 2 aliphatic heterocycles. The first-order chi connectivity index (χ1) is 14.3. The Morgan fingerprint density at radius 1 is 0.900 bits per heavy atom. The maximum absolute atomic E-state index is 6.81. The Hall–Kier alpha value is -1.89. The van der Waals surface area contributed by atoms with Gasteiger partial charge in [-0.05, 0) is 55.0 Å². The number of thioether (sulfide) groups is 1. The molecule has 1 atom stereocenters. The van der Waals surface area contributed by atoms with E-state index >= 15 is 0 Å². The molecule has 0 radical (unpaired) electrons. The molecular weight excluding hydrogens is 523 g/mol. The van der Waals surface area contributed by atoms with Crippen LogP contribution in [0.5, 0.6) is 0 Å². The lowest BCUT2D eigenvalue weighted by atomic mass is 9.98. The Morgan fingerprint density at radius 3 is 2.33 bits per heavy atom. The fraction of sp³-hybridized carbons (Fsp3) is 0.120. The van der Waals surface area contributed by atoms with Crippen LogP contribution in [0, 0.1) is 0 Å². The molecular formula is C25H22ClIN2S. The molecule has 5 heteroatoms. The van der Waals surface area contributed by atoms with Gasteiger partial charge in [-0.1, -0.05) is 71.9 Å². The number of para-hydroxylation sites is 3. The highest BCUT2D eigenvalue weighted by molar-refractivity contribution is 14.0. The molecule has 3 aromatic rings. The fourth-order valence-electron chi connectivity index (χ4n) is 4.03. The number of benzene rings is 3. The summed E-state index contributed by atoms with van der Waals surface area (Å²) in [6.45, 7) is 3.18. The van der Waals surface area contributed by atoms with Crippen LogP contribution >= 0.6 is 47.3 Å². The fourth-order valence-corrected chi connectivity index (χ4v) is 5.66. The van der Waals surface area contributed by atoms with Crippen LogP contribution in [0.2, 0.25) is 0 Å². The van der Waals surface area contributed by atoms with Crippen molar-refractivity contribution in [1.29, 1.82) is 0 Å². The molecule has 0 aromatic heterocycles. The number of likely N-dealkylation sites (N-methyl/N-ethyl adjacent to an activating group) is 1. The van der Waals surface area contributed by atoms with Gasteiger partial charge < -0.3 is 9.80 Å². The Morgan fingerprint density at radius 2 is 1.57 bits per heavy atom. The number of halogens is 2. The molecule has 0 bridgehead atoms. The summed E-state index contributed by atoms with van der Waals surface area (Å²) in [6, 6.07) is 27.4. The van der Waals surface area contributed by atoms with Gasteiger partial charge in [-0.3, -0.25) is 0 Å². The van der Waals surface area contributed by atoms with E-state index in [4.69, 9.17) is 11.6 Å². The van der Waals surface area contributed by atoms with E-state index in [1.54, 1.807) is 0 Å². The molecule has 2 nitrogen and oxygen atoms in total. The quantitative estimate of drug-likeness (QED) is 0.245. The summed E-state index contributed by atoms with van der Waals surface area (Å²) in [6.07, 6.45) is 4.44. The standard InChI is InChI=1S/C25H21ClN2S.HI/c1-2-27-22-14-8-9-15-23(22)29-25(27)17-18-16-24(26)28(19-10-4-3-5-11-19)21-13-7-6-12-20(18)21;/h3-17,25H,2H2,1H3;1H. The van der Waals surface area contributed by atoms with E-state index in [0.29, 0.717) is 5.16 Å². The summed E-state index contributed by atoms with van der Waals surface area (Å²) in [4.78, 5) is 5.89. The zero-order valence-corrected chi connectivity index (χ0v) is 20.4. The first-order valence-electron chi connectivity index (χ1n) is 9.82. The minimum absolute atomic E-state index is 0. The van der Waals surface area contributed by atoms with Gasteiger partial charge in [-0.25, -0.2) is 0 Å². The van der Waals surface area contributed by atoms with E-state index in [1.165, 1.54) is 21.7 Å². The van der Waals surface area contributed by atoms with Gasteiger partial charge in [0.1, 0.15) is 5.16 Å². The van der Waals surface area contributed by atoms with Crippen molar-refractivity contribution in [2.24, 2.45) is 0 Å². The SMILES string of the molecule is CCN1c2ccccc2SC1C=C1C=C(Cl)N(c2ccccc2)c2ccccc21.I. The lowest BCUT2D eigenvalue weighted by Gasteiger charge is -2.31. The van der Waals surface area contributed by atoms with Crippen molar-refractivity contribution in [3.8, 4) is 0 Å². The van der Waals surface area contributed by atoms with Crippen LogP contribution in [0.4, 0.5) is 17.1 Å². The Kier molecular flexibility index (Phi) is 6.46. The van der Waals surface area contributed by atoms with Gasteiger partial charge in [0.15, 0.2) is 0 Å². The average Bonchev–Trinajstić information content (AvgIpc) is 3.11. The number of fused-ring (bicyclic) bond motifs is 2. The molecule has 0 saturated carbocycles. The molecule has 5 rings (SSSR count). The molecule has 2 heterocycles. The summed E-state index contributed by atoms with van der Waals surface area (Å²) in [5, 5.41) is 0.967. The van der Waals surface area contributed by atoms with Crippen LogP contribution < -0.4 is 9.80 Å². The molecule has 0 amide bonds. The Bertz CT molecular complexity index is 1110. The second-order valence-corrected chi connectivity index (χ2v) is 8.59. The van der Waals surface area contributed by atoms with Crippen molar-refractivity contribution in [3.05, 3.63) is 102 Å². The lowest BCUT2D eigenvalue weighted by Crippen LogP contribution is -2.27. The Labute approximate surface area is 204 Å². The van der Waals surface area contributed by atoms with Gasteiger partial charge in [0.25, 0.3) is 0 Å². The molecule has 2 aliphatic rings. The number of nitrogens with zero attached hydrogens (tertiary/aromatic N) is 2. The molecule has 152 valence electrons. The maximum atomic E-state index is 6.81. The van der Waals surface area contributed by atoms with Gasteiger partial charge in [0.05, 0.1) is 16.7 Å². The van der Waals surface area contributed by atoms with Crippen LogP contribution in [0.1, 0.15) is 12.5 Å². The second kappa shape index (κ2) is 9.08. The van der Waals surface area contributed by atoms with E-state index in [9.17, 15) is 0 Å². The molecule has 3 aromatic carbocycles. The van der Waals surface area contributed by atoms with Gasteiger partial charge >= 0.3 is 0 Å². The van der Waals surface area contributed by atoms with E-state index in [-0.39, 0.29) is 29.4 Å². The van der Waals surface area contributed by atoms with Crippen LogP contribution in [0.15, 0.2) is 101 Å². The summed E-state index contributed by atoms with van der Waals surface area (Å²) < 4.78 is 0. The predicted octanol–water partition coefficient (Wildman–Crippen LogP) is 7.88. The summed E-state index contributed by atoms with van der Waals surface area (Å²) >= 11 is 8.71. The normalized spacial score (nSPS) is 18.5. The van der Waals surface area contributed by atoms with Gasteiger partial charge in [0, 0.05) is 22.7 Å². The number of anilines is 3.